The number of amides is 2. The summed E-state index contributed by atoms with van der Waals surface area (Å²) < 4.78 is 10.9. The maximum absolute atomic E-state index is 12.9. The zero-order valence-corrected chi connectivity index (χ0v) is 21.6. The van der Waals surface area contributed by atoms with Crippen molar-refractivity contribution < 1.29 is 19.1 Å². The van der Waals surface area contributed by atoms with Crippen LogP contribution >= 0.6 is 0 Å². The number of carbonyl (C=O) groups is 2. The highest BCUT2D eigenvalue weighted by Crippen LogP contribution is 2.30. The molecule has 5 rings (SSSR count). The molecule has 0 bridgehead atoms. The van der Waals surface area contributed by atoms with Crippen LogP contribution in [0.5, 0.6) is 0 Å². The van der Waals surface area contributed by atoms with Crippen molar-refractivity contribution in [1.29, 1.82) is 0 Å². The molecule has 0 aliphatic heterocycles. The summed E-state index contributed by atoms with van der Waals surface area (Å²) in [7, 11) is 3.43. The van der Waals surface area contributed by atoms with E-state index in [0.717, 1.165) is 79.3 Å². The molecule has 1 aromatic heterocycles. The Kier molecular flexibility index (Phi) is 7.86. The van der Waals surface area contributed by atoms with E-state index in [0.29, 0.717) is 5.82 Å². The number of methoxy groups -OCH3 is 2. The number of hydrogen-bond donors (Lipinski definition) is 3. The van der Waals surface area contributed by atoms with Gasteiger partial charge in [0.05, 0.1) is 23.2 Å². The lowest BCUT2D eigenvalue weighted by atomic mass is 9.86. The average molecular weight is 505 g/mol. The largest absolute Gasteiger partial charge is 0.381 e. The van der Waals surface area contributed by atoms with Gasteiger partial charge in [0.1, 0.15) is 5.82 Å². The number of carbonyl (C=O) groups excluding carboxylic acids is 2. The number of hydrogen-bond acceptors (Lipinski definition) is 5. The highest BCUT2D eigenvalue weighted by molar-refractivity contribution is 5.95. The highest BCUT2D eigenvalue weighted by Gasteiger charge is 2.28. The molecule has 196 valence electrons. The first-order valence-electron chi connectivity index (χ1n) is 13.3. The third-order valence-electron chi connectivity index (χ3n) is 7.81. The molecule has 4 unspecified atom stereocenters. The van der Waals surface area contributed by atoms with E-state index in [-0.39, 0.29) is 35.9 Å². The lowest BCUT2D eigenvalue weighted by molar-refractivity contribution is -0.123. The van der Waals surface area contributed by atoms with Gasteiger partial charge in [0.25, 0.3) is 0 Å². The summed E-state index contributed by atoms with van der Waals surface area (Å²) in [4.78, 5) is 33.8. The fourth-order valence-corrected chi connectivity index (χ4v) is 5.65. The van der Waals surface area contributed by atoms with Gasteiger partial charge in [-0.15, -0.1) is 0 Å². The lowest BCUT2D eigenvalue weighted by Gasteiger charge is -2.27. The molecule has 3 N–H and O–H groups in total. The molecule has 0 saturated heterocycles. The van der Waals surface area contributed by atoms with Crippen molar-refractivity contribution >= 4 is 34.2 Å². The predicted octanol–water partition coefficient (Wildman–Crippen LogP) is 5.52. The van der Waals surface area contributed by atoms with Crippen molar-refractivity contribution in [2.24, 2.45) is 11.8 Å². The van der Waals surface area contributed by atoms with Gasteiger partial charge in [0.15, 0.2) is 0 Å². The van der Waals surface area contributed by atoms with E-state index in [1.54, 1.807) is 14.2 Å². The van der Waals surface area contributed by atoms with Crippen LogP contribution in [0.15, 0.2) is 42.5 Å². The van der Waals surface area contributed by atoms with Crippen molar-refractivity contribution in [2.45, 2.75) is 63.6 Å². The minimum atomic E-state index is -0.0313. The number of benzene rings is 2. The number of aromatic nitrogens is 2. The molecule has 37 heavy (non-hydrogen) atoms. The van der Waals surface area contributed by atoms with Gasteiger partial charge >= 0.3 is 0 Å². The number of nitrogens with one attached hydrogen (secondary N) is 3. The Bertz CT molecular complexity index is 1260. The first kappa shape index (κ1) is 25.4. The van der Waals surface area contributed by atoms with E-state index >= 15 is 0 Å². The molecular formula is C29H36N4O4. The Morgan fingerprint density at radius 1 is 0.838 bits per heavy atom. The maximum atomic E-state index is 12.9. The summed E-state index contributed by atoms with van der Waals surface area (Å²) in [5, 5.41) is 6.14. The average Bonchev–Trinajstić information content (AvgIpc) is 3.37. The number of H-pyrrole nitrogens is 1. The summed E-state index contributed by atoms with van der Waals surface area (Å²) in [5.41, 5.74) is 4.03. The minimum absolute atomic E-state index is 0.0290. The van der Waals surface area contributed by atoms with Crippen LogP contribution in [0.4, 0.5) is 11.4 Å². The number of ether oxygens (including phenoxy) is 2. The quantitative estimate of drug-likeness (QED) is 0.393. The highest BCUT2D eigenvalue weighted by atomic mass is 16.5. The first-order chi connectivity index (χ1) is 18.0. The van der Waals surface area contributed by atoms with Gasteiger partial charge in [-0.3, -0.25) is 9.59 Å². The Labute approximate surface area is 217 Å². The van der Waals surface area contributed by atoms with Crippen molar-refractivity contribution in [2.75, 3.05) is 24.9 Å². The predicted molar refractivity (Wildman–Crippen MR) is 144 cm³/mol. The summed E-state index contributed by atoms with van der Waals surface area (Å²) >= 11 is 0. The SMILES string of the molecule is COC1CCCC(C(=O)Nc2cccc(-c3nc4ccc(NC(=O)C5CCCC(OC)C5)cc4[nH]3)c2)C1. The number of fused-ring (bicyclic) bond motifs is 1. The number of imidazole rings is 1. The summed E-state index contributed by atoms with van der Waals surface area (Å²) in [6.07, 6.45) is 7.67. The van der Waals surface area contributed by atoms with Crippen LogP contribution in [0.2, 0.25) is 0 Å². The zero-order chi connectivity index (χ0) is 25.8. The van der Waals surface area contributed by atoms with E-state index in [2.05, 4.69) is 15.6 Å². The number of anilines is 2. The van der Waals surface area contributed by atoms with E-state index in [1.807, 2.05) is 42.5 Å². The van der Waals surface area contributed by atoms with Crippen LogP contribution in [-0.4, -0.2) is 48.2 Å². The molecule has 2 saturated carbocycles. The van der Waals surface area contributed by atoms with Gasteiger partial charge in [-0.05, 0) is 68.9 Å². The van der Waals surface area contributed by atoms with Crippen molar-refractivity contribution in [3.8, 4) is 11.4 Å². The van der Waals surface area contributed by atoms with Gasteiger partial charge < -0.3 is 25.1 Å². The van der Waals surface area contributed by atoms with Crippen LogP contribution in [-0.2, 0) is 19.1 Å². The molecule has 2 amide bonds. The van der Waals surface area contributed by atoms with E-state index in [1.165, 1.54) is 0 Å². The number of aromatic amines is 1. The monoisotopic (exact) mass is 504 g/mol. The maximum Gasteiger partial charge on any atom is 0.227 e. The van der Waals surface area contributed by atoms with Gasteiger partial charge in [0.2, 0.25) is 11.8 Å². The Morgan fingerprint density at radius 2 is 1.46 bits per heavy atom. The van der Waals surface area contributed by atoms with Crippen LogP contribution in [0, 0.1) is 11.8 Å². The second-order valence-corrected chi connectivity index (χ2v) is 10.3. The summed E-state index contributed by atoms with van der Waals surface area (Å²) in [5.74, 6) is 0.731. The Balaban J connectivity index is 1.26. The van der Waals surface area contributed by atoms with Crippen LogP contribution < -0.4 is 10.6 Å². The first-order valence-corrected chi connectivity index (χ1v) is 13.3. The Morgan fingerprint density at radius 3 is 2.08 bits per heavy atom. The standard InChI is InChI=1S/C29H36N4O4/c1-36-23-10-4-7-19(15-23)28(34)30-21-9-3-6-18(14-21)27-32-25-13-12-22(17-26(25)33-27)31-29(35)20-8-5-11-24(16-20)37-2/h3,6,9,12-14,17,19-20,23-24H,4-5,7-8,10-11,15-16H2,1-2H3,(H,30,34)(H,31,35)(H,32,33). The molecule has 8 heteroatoms. The second kappa shape index (κ2) is 11.4. The van der Waals surface area contributed by atoms with Crippen molar-refractivity contribution in [3.05, 3.63) is 42.5 Å². The van der Waals surface area contributed by atoms with Crippen LogP contribution in [0.3, 0.4) is 0 Å². The van der Waals surface area contributed by atoms with E-state index < -0.39 is 0 Å². The van der Waals surface area contributed by atoms with Crippen molar-refractivity contribution in [3.63, 3.8) is 0 Å². The third kappa shape index (κ3) is 6.02. The topological polar surface area (TPSA) is 105 Å². The van der Waals surface area contributed by atoms with E-state index in [9.17, 15) is 9.59 Å². The molecule has 2 aromatic carbocycles. The second-order valence-electron chi connectivity index (χ2n) is 10.3. The summed E-state index contributed by atoms with van der Waals surface area (Å²) in [6, 6.07) is 13.4. The molecule has 2 fully saturated rings. The van der Waals surface area contributed by atoms with Gasteiger partial charge in [-0.25, -0.2) is 4.98 Å². The van der Waals surface area contributed by atoms with Crippen LogP contribution in [0.1, 0.15) is 51.4 Å². The minimum Gasteiger partial charge on any atom is -0.381 e. The van der Waals surface area contributed by atoms with Gasteiger partial charge in [0, 0.05) is 43.0 Å². The van der Waals surface area contributed by atoms with E-state index in [4.69, 9.17) is 14.5 Å². The third-order valence-corrected chi connectivity index (χ3v) is 7.81. The molecule has 0 spiro atoms. The molecule has 2 aliphatic rings. The zero-order valence-electron chi connectivity index (χ0n) is 21.6. The number of rotatable bonds is 7. The normalized spacial score (nSPS) is 24.1. The van der Waals surface area contributed by atoms with Gasteiger partial charge in [-0.1, -0.05) is 25.0 Å². The molecule has 8 nitrogen and oxygen atoms in total. The number of nitrogens with zero attached hydrogens (tertiary/aromatic N) is 1. The molecule has 1 heterocycles. The molecule has 3 aromatic rings. The fourth-order valence-electron chi connectivity index (χ4n) is 5.65. The lowest BCUT2D eigenvalue weighted by Crippen LogP contribution is -2.30. The molecule has 0 radical (unpaired) electrons. The van der Waals surface area contributed by atoms with Crippen molar-refractivity contribution in [1.82, 2.24) is 9.97 Å². The molecular weight excluding hydrogens is 468 g/mol. The van der Waals surface area contributed by atoms with Gasteiger partial charge in [-0.2, -0.15) is 0 Å². The van der Waals surface area contributed by atoms with Crippen LogP contribution in [0.25, 0.3) is 22.4 Å². The fraction of sp³-hybridized carbons (Fsp3) is 0.483. The Hall–Kier alpha value is -3.23. The molecule has 4 atom stereocenters. The summed E-state index contributed by atoms with van der Waals surface area (Å²) in [6.45, 7) is 0. The smallest absolute Gasteiger partial charge is 0.227 e. The molecule has 2 aliphatic carbocycles.